The number of ether oxygens (including phenoxy) is 1. The molecule has 370 valence electrons. The molecule has 1 saturated carbocycles. The van der Waals surface area contributed by atoms with E-state index in [1.54, 1.807) is 14.7 Å². The molecule has 5 aromatic rings. The van der Waals surface area contributed by atoms with Crippen LogP contribution in [0.4, 0.5) is 29.9 Å². The van der Waals surface area contributed by atoms with Gasteiger partial charge < -0.3 is 34.6 Å². The number of carbonyl (C=O) groups excluding carboxylic acids is 4. The number of amides is 5. The third-order valence-electron chi connectivity index (χ3n) is 14.2. The van der Waals surface area contributed by atoms with Gasteiger partial charge in [-0.15, -0.1) is 0 Å². The molecule has 0 spiro atoms. The van der Waals surface area contributed by atoms with Crippen molar-refractivity contribution in [2.24, 2.45) is 5.92 Å². The number of likely N-dealkylation sites (tertiary alicyclic amines) is 2. The van der Waals surface area contributed by atoms with Crippen molar-refractivity contribution >= 4 is 46.5 Å². The second-order valence-corrected chi connectivity index (χ2v) is 20.1. The standard InChI is InChI=1S/C48H58F2N14O6/c1-48(2,3)64-45-38(43(51)54-27-55-45)39(57-64)40-37(42(70-58-40)31-4-5-31)44-52-22-32(23-53-44)30-8-13-62(14-9-30)47(68)69-26-36(66)60-11-6-28(7-12-60)24-59-16-18-61(19-17-59)41-33(49)20-29(21-34(41)50)25-63-15-10-35(65)56-46(63)67/h20-23,27-28,30-31H,4-19,24-26H2,1-3H3,(H2,51,54,55)(H,56,65,67). The third kappa shape index (κ3) is 9.69. The number of piperazine rings is 1. The number of hydrogen-bond acceptors (Lipinski definition) is 15. The molecule has 0 unspecified atom stereocenters. The number of nitrogens with two attached hydrogens (primary N) is 1. The summed E-state index contributed by atoms with van der Waals surface area (Å²) in [4.78, 5) is 77.1. The third-order valence-corrected chi connectivity index (χ3v) is 14.2. The first-order valence-electron chi connectivity index (χ1n) is 24.2. The zero-order valence-corrected chi connectivity index (χ0v) is 39.7. The second kappa shape index (κ2) is 19.2. The first kappa shape index (κ1) is 46.9. The molecule has 3 N–H and O–H groups in total. The minimum Gasteiger partial charge on any atom is -0.439 e. The Morgan fingerprint density at radius 1 is 0.843 bits per heavy atom. The zero-order chi connectivity index (χ0) is 48.8. The molecule has 22 heteroatoms. The maximum atomic E-state index is 15.3. The molecule has 5 fully saturated rings. The van der Waals surface area contributed by atoms with E-state index in [2.05, 4.69) is 25.3 Å². The summed E-state index contributed by atoms with van der Waals surface area (Å²) in [6.07, 6.45) is 9.66. The zero-order valence-electron chi connectivity index (χ0n) is 39.7. The van der Waals surface area contributed by atoms with E-state index in [-0.39, 0.29) is 55.5 Å². The SMILES string of the molecule is CC(C)(C)n1nc(-c2noc(C3CC3)c2-c2ncc(C3CCN(C(=O)OCC(=O)N4CCC(CN5CCN(c6c(F)cc(CN7CCC(=O)NC7=O)cc6F)CC5)CC4)CC3)cn2)c2c(N)ncnc21. The highest BCUT2D eigenvalue weighted by Gasteiger charge is 2.37. The number of imide groups is 1. The van der Waals surface area contributed by atoms with Gasteiger partial charge in [0.25, 0.3) is 5.91 Å². The lowest BCUT2D eigenvalue weighted by atomic mass is 9.91. The van der Waals surface area contributed by atoms with Crippen LogP contribution in [0.2, 0.25) is 0 Å². The van der Waals surface area contributed by atoms with E-state index < -0.39 is 29.3 Å². The Morgan fingerprint density at radius 3 is 2.19 bits per heavy atom. The number of aromatic nitrogens is 7. The van der Waals surface area contributed by atoms with Crippen LogP contribution in [-0.4, -0.2) is 150 Å². The highest BCUT2D eigenvalue weighted by Crippen LogP contribution is 2.48. The fraction of sp³-hybridized carbons (Fsp3) is 0.542. The maximum Gasteiger partial charge on any atom is 0.410 e. The van der Waals surface area contributed by atoms with E-state index in [1.165, 1.54) is 23.4 Å². The lowest BCUT2D eigenvalue weighted by Crippen LogP contribution is -2.50. The Hall–Kier alpha value is -6.84. The lowest BCUT2D eigenvalue weighted by Gasteiger charge is -2.39. The molecule has 10 rings (SSSR count). The fourth-order valence-electron chi connectivity index (χ4n) is 10.2. The molecule has 8 heterocycles. The smallest absolute Gasteiger partial charge is 0.410 e. The van der Waals surface area contributed by atoms with Crippen LogP contribution < -0.4 is 16.0 Å². The summed E-state index contributed by atoms with van der Waals surface area (Å²) in [7, 11) is 0. The number of anilines is 2. The Bertz CT molecular complexity index is 2760. The van der Waals surface area contributed by atoms with Crippen molar-refractivity contribution in [3.63, 3.8) is 0 Å². The largest absolute Gasteiger partial charge is 0.439 e. The predicted octanol–water partition coefficient (Wildman–Crippen LogP) is 5.25. The molecular weight excluding hydrogens is 907 g/mol. The summed E-state index contributed by atoms with van der Waals surface area (Å²) in [6, 6.07) is 1.94. The van der Waals surface area contributed by atoms with E-state index >= 15 is 8.78 Å². The summed E-state index contributed by atoms with van der Waals surface area (Å²) in [6.45, 7) is 11.1. The summed E-state index contributed by atoms with van der Waals surface area (Å²) >= 11 is 0. The minimum absolute atomic E-state index is 0.00174. The van der Waals surface area contributed by atoms with E-state index in [0.29, 0.717) is 116 Å². The van der Waals surface area contributed by atoms with Gasteiger partial charge in [0.1, 0.15) is 40.9 Å². The van der Waals surface area contributed by atoms with Crippen LogP contribution in [0.1, 0.15) is 94.4 Å². The summed E-state index contributed by atoms with van der Waals surface area (Å²) in [5.41, 5.74) is 9.50. The van der Waals surface area contributed by atoms with Crippen LogP contribution in [0.3, 0.4) is 0 Å². The van der Waals surface area contributed by atoms with Crippen molar-refractivity contribution < 1.29 is 37.2 Å². The number of nitrogens with zero attached hydrogens (tertiary/aromatic N) is 12. The maximum absolute atomic E-state index is 15.3. The molecule has 0 bridgehead atoms. The van der Waals surface area contributed by atoms with Crippen molar-refractivity contribution in [1.82, 2.24) is 59.8 Å². The molecule has 0 atom stereocenters. The van der Waals surface area contributed by atoms with Crippen molar-refractivity contribution in [2.75, 3.05) is 82.7 Å². The predicted molar refractivity (Wildman–Crippen MR) is 251 cm³/mol. The number of fused-ring (bicyclic) bond motifs is 1. The number of carbonyl (C=O) groups is 4. The summed E-state index contributed by atoms with van der Waals surface area (Å²) in [5.74, 6) is 0.240. The van der Waals surface area contributed by atoms with E-state index in [1.807, 2.05) is 37.8 Å². The molecule has 1 aromatic carbocycles. The Kier molecular flexibility index (Phi) is 12.8. The van der Waals surface area contributed by atoms with Gasteiger partial charge >= 0.3 is 12.1 Å². The Morgan fingerprint density at radius 2 is 1.53 bits per heavy atom. The van der Waals surface area contributed by atoms with Crippen LogP contribution in [0.5, 0.6) is 0 Å². The van der Waals surface area contributed by atoms with Crippen LogP contribution in [-0.2, 0) is 26.4 Å². The van der Waals surface area contributed by atoms with Crippen molar-refractivity contribution in [2.45, 2.75) is 89.6 Å². The number of piperidine rings is 2. The molecule has 4 aromatic heterocycles. The van der Waals surface area contributed by atoms with Crippen molar-refractivity contribution in [1.29, 1.82) is 0 Å². The van der Waals surface area contributed by atoms with Gasteiger partial charge in [0, 0.05) is 96.7 Å². The number of nitrogens with one attached hydrogen (secondary N) is 1. The number of benzene rings is 1. The van der Waals surface area contributed by atoms with Gasteiger partial charge in [-0.1, -0.05) is 5.16 Å². The molecule has 20 nitrogen and oxygen atoms in total. The Labute approximate surface area is 402 Å². The van der Waals surface area contributed by atoms with Gasteiger partial charge in [0.05, 0.1) is 16.5 Å². The molecule has 0 radical (unpaired) electrons. The highest BCUT2D eigenvalue weighted by molar-refractivity contribution is 6.00. The van der Waals surface area contributed by atoms with E-state index in [4.69, 9.17) is 30.1 Å². The fourth-order valence-corrected chi connectivity index (χ4v) is 10.2. The van der Waals surface area contributed by atoms with Crippen LogP contribution in [0.25, 0.3) is 33.8 Å². The number of halogens is 2. The van der Waals surface area contributed by atoms with Crippen LogP contribution in [0, 0.1) is 17.6 Å². The highest BCUT2D eigenvalue weighted by atomic mass is 19.1. The molecule has 70 heavy (non-hydrogen) atoms. The first-order valence-corrected chi connectivity index (χ1v) is 24.2. The van der Waals surface area contributed by atoms with E-state index in [9.17, 15) is 19.2 Å². The minimum atomic E-state index is -0.681. The number of hydrogen-bond donors (Lipinski definition) is 2. The average Bonchev–Trinajstić information content (AvgIpc) is 3.96. The molecule has 4 aliphatic heterocycles. The van der Waals surface area contributed by atoms with E-state index in [0.717, 1.165) is 43.6 Å². The van der Waals surface area contributed by atoms with Crippen LogP contribution in [0.15, 0.2) is 35.4 Å². The average molecular weight is 965 g/mol. The first-order chi connectivity index (χ1) is 33.7. The lowest BCUT2D eigenvalue weighted by molar-refractivity contribution is -0.136. The molecule has 5 amide bonds. The van der Waals surface area contributed by atoms with Crippen molar-refractivity contribution in [3.05, 3.63) is 59.4 Å². The second-order valence-electron chi connectivity index (χ2n) is 20.1. The quantitative estimate of drug-likeness (QED) is 0.172. The molecule has 1 aliphatic carbocycles. The Balaban J connectivity index is 0.666. The molecule has 4 saturated heterocycles. The van der Waals surface area contributed by atoms with Gasteiger partial charge in [-0.25, -0.2) is 43.0 Å². The van der Waals surface area contributed by atoms with Crippen molar-refractivity contribution in [3.8, 4) is 22.8 Å². The van der Waals surface area contributed by atoms with Gasteiger partial charge in [-0.3, -0.25) is 19.8 Å². The monoisotopic (exact) mass is 964 g/mol. The normalized spacial score (nSPS) is 19.0. The molecular formula is C48H58F2N14O6. The number of urea groups is 1. The molecule has 5 aliphatic rings. The van der Waals surface area contributed by atoms with Gasteiger partial charge in [0.15, 0.2) is 23.8 Å². The summed E-state index contributed by atoms with van der Waals surface area (Å²) < 4.78 is 43.9. The van der Waals surface area contributed by atoms with Gasteiger partial charge in [0.2, 0.25) is 5.91 Å². The van der Waals surface area contributed by atoms with Gasteiger partial charge in [-0.2, -0.15) is 5.10 Å². The number of nitrogen functional groups attached to an aromatic ring is 1. The topological polar surface area (TPSA) is 227 Å². The van der Waals surface area contributed by atoms with Crippen LogP contribution >= 0.6 is 0 Å². The number of rotatable bonds is 11. The summed E-state index contributed by atoms with van der Waals surface area (Å²) in [5, 5.41) is 12.3. The van der Waals surface area contributed by atoms with Gasteiger partial charge in [-0.05, 0) is 94.4 Å².